The molecule has 0 radical (unpaired) electrons. The van der Waals surface area contributed by atoms with Gasteiger partial charge in [-0.2, -0.15) is 0 Å². The third-order valence-corrected chi connectivity index (χ3v) is 3.63. The first-order valence-corrected chi connectivity index (χ1v) is 7.57. The van der Waals surface area contributed by atoms with Gasteiger partial charge in [0.15, 0.2) is 0 Å². The normalized spacial score (nSPS) is 13.2. The van der Waals surface area contributed by atoms with Crippen molar-refractivity contribution in [1.29, 1.82) is 0 Å². The van der Waals surface area contributed by atoms with Gasteiger partial charge in [0.2, 0.25) is 0 Å². The van der Waals surface area contributed by atoms with E-state index in [9.17, 15) is 10.1 Å². The van der Waals surface area contributed by atoms with Crippen LogP contribution in [0.15, 0.2) is 16.7 Å². The van der Waals surface area contributed by atoms with Crippen molar-refractivity contribution in [1.82, 2.24) is 10.3 Å². The molecule has 0 amide bonds. The van der Waals surface area contributed by atoms with Crippen molar-refractivity contribution in [3.63, 3.8) is 0 Å². The van der Waals surface area contributed by atoms with Gasteiger partial charge in [0, 0.05) is 29.2 Å². The van der Waals surface area contributed by atoms with E-state index in [0.29, 0.717) is 16.6 Å². The molecule has 1 heterocycles. The first kappa shape index (κ1) is 17.0. The first-order chi connectivity index (χ1) is 9.25. The smallest absolute Gasteiger partial charge is 0.291 e. The Hall–Kier alpha value is -1.01. The lowest BCUT2D eigenvalue weighted by atomic mass is 9.83. The number of nitrogens with zero attached hydrogens (tertiary/aromatic N) is 2. The summed E-state index contributed by atoms with van der Waals surface area (Å²) >= 11 is 3.23. The van der Waals surface area contributed by atoms with Gasteiger partial charge in [-0.05, 0) is 34.3 Å². The number of hydrogen-bond donors (Lipinski definition) is 1. The fraction of sp³-hybridized carbons (Fsp3) is 0.643. The monoisotopic (exact) mass is 343 g/mol. The third kappa shape index (κ3) is 4.83. The minimum atomic E-state index is -0.368. The summed E-state index contributed by atoms with van der Waals surface area (Å²) in [5.41, 5.74) is 0.617. The minimum absolute atomic E-state index is 0.0117. The second-order valence-corrected chi connectivity index (χ2v) is 6.87. The zero-order valence-corrected chi connectivity index (χ0v) is 14.0. The Morgan fingerprint density at radius 3 is 2.65 bits per heavy atom. The quantitative estimate of drug-likeness (QED) is 0.631. The van der Waals surface area contributed by atoms with E-state index >= 15 is 0 Å². The summed E-state index contributed by atoms with van der Waals surface area (Å²) in [6, 6.07) is 1.66. The van der Waals surface area contributed by atoms with Crippen LogP contribution in [0.25, 0.3) is 0 Å². The molecule has 1 rings (SSSR count). The molecule has 0 aromatic carbocycles. The first-order valence-electron chi connectivity index (χ1n) is 6.78. The SMILES string of the molecule is CCCNC(Cc1ncc(Br)cc1[N+](=O)[O-])C(C)(C)C. The van der Waals surface area contributed by atoms with Gasteiger partial charge in [-0.1, -0.05) is 27.7 Å². The summed E-state index contributed by atoms with van der Waals surface area (Å²) in [5, 5.41) is 14.6. The number of hydrogen-bond acceptors (Lipinski definition) is 4. The van der Waals surface area contributed by atoms with Crippen molar-refractivity contribution in [2.45, 2.75) is 46.6 Å². The van der Waals surface area contributed by atoms with Crippen molar-refractivity contribution >= 4 is 21.6 Å². The van der Waals surface area contributed by atoms with Crippen LogP contribution < -0.4 is 5.32 Å². The molecule has 20 heavy (non-hydrogen) atoms. The highest BCUT2D eigenvalue weighted by atomic mass is 79.9. The Balaban J connectivity index is 3.01. The van der Waals surface area contributed by atoms with Gasteiger partial charge in [-0.25, -0.2) is 0 Å². The van der Waals surface area contributed by atoms with Crippen LogP contribution in [0.1, 0.15) is 39.8 Å². The number of halogens is 1. The Labute approximate surface area is 128 Å². The van der Waals surface area contributed by atoms with Gasteiger partial charge in [0.05, 0.1) is 4.92 Å². The van der Waals surface area contributed by atoms with Crippen molar-refractivity contribution in [3.05, 3.63) is 32.5 Å². The van der Waals surface area contributed by atoms with Gasteiger partial charge in [0.1, 0.15) is 5.69 Å². The summed E-state index contributed by atoms with van der Waals surface area (Å²) in [6.45, 7) is 9.39. The van der Waals surface area contributed by atoms with Crippen LogP contribution in [0, 0.1) is 15.5 Å². The molecule has 0 bridgehead atoms. The Bertz CT molecular complexity index is 472. The van der Waals surface area contributed by atoms with Crippen LogP contribution in [0.2, 0.25) is 0 Å². The van der Waals surface area contributed by atoms with Crippen molar-refractivity contribution in [2.75, 3.05) is 6.54 Å². The average molecular weight is 344 g/mol. The van der Waals surface area contributed by atoms with Crippen molar-refractivity contribution < 1.29 is 4.92 Å². The van der Waals surface area contributed by atoms with Crippen LogP contribution in [0.3, 0.4) is 0 Å². The molecule has 0 aliphatic rings. The third-order valence-electron chi connectivity index (χ3n) is 3.19. The van der Waals surface area contributed by atoms with Gasteiger partial charge in [-0.15, -0.1) is 0 Å². The van der Waals surface area contributed by atoms with E-state index in [2.05, 4.69) is 53.9 Å². The van der Waals surface area contributed by atoms with Gasteiger partial charge in [0.25, 0.3) is 5.69 Å². The number of rotatable bonds is 6. The second-order valence-electron chi connectivity index (χ2n) is 5.95. The standard InChI is InChI=1S/C14H22BrN3O2/c1-5-6-16-13(14(2,3)4)8-11-12(18(19)20)7-10(15)9-17-11/h7,9,13,16H,5-6,8H2,1-4H3. The van der Waals surface area contributed by atoms with Crippen LogP contribution in [0.4, 0.5) is 5.69 Å². The predicted octanol–water partition coefficient (Wildman–Crippen LogP) is 3.71. The van der Waals surface area contributed by atoms with E-state index in [0.717, 1.165) is 13.0 Å². The zero-order valence-electron chi connectivity index (χ0n) is 12.4. The lowest BCUT2D eigenvalue weighted by molar-refractivity contribution is -0.386. The molecule has 0 saturated heterocycles. The summed E-state index contributed by atoms with van der Waals surface area (Å²) < 4.78 is 0.627. The van der Waals surface area contributed by atoms with E-state index in [1.807, 2.05) is 0 Å². The van der Waals surface area contributed by atoms with E-state index in [4.69, 9.17) is 0 Å². The Morgan fingerprint density at radius 2 is 2.15 bits per heavy atom. The van der Waals surface area contributed by atoms with Crippen molar-refractivity contribution in [2.24, 2.45) is 5.41 Å². The topological polar surface area (TPSA) is 68.1 Å². The molecule has 1 atom stereocenters. The summed E-state index contributed by atoms with van der Waals surface area (Å²) in [6.07, 6.45) is 3.19. The Kier molecular flexibility index (Phi) is 6.07. The highest BCUT2D eigenvalue weighted by Crippen LogP contribution is 2.27. The number of aromatic nitrogens is 1. The molecule has 112 valence electrons. The molecule has 1 aromatic rings. The van der Waals surface area contributed by atoms with Crippen molar-refractivity contribution in [3.8, 4) is 0 Å². The lowest BCUT2D eigenvalue weighted by Crippen LogP contribution is -2.42. The fourth-order valence-corrected chi connectivity index (χ4v) is 2.29. The van der Waals surface area contributed by atoms with Crippen LogP contribution in [0.5, 0.6) is 0 Å². The summed E-state index contributed by atoms with van der Waals surface area (Å²) in [4.78, 5) is 15.0. The zero-order chi connectivity index (χ0) is 15.3. The van der Waals surface area contributed by atoms with Crippen LogP contribution in [-0.2, 0) is 6.42 Å². The highest BCUT2D eigenvalue weighted by molar-refractivity contribution is 9.10. The number of nitrogens with one attached hydrogen (secondary N) is 1. The molecular weight excluding hydrogens is 322 g/mol. The fourth-order valence-electron chi connectivity index (χ4n) is 1.97. The molecule has 1 aromatic heterocycles. The van der Waals surface area contributed by atoms with Crippen LogP contribution >= 0.6 is 15.9 Å². The second kappa shape index (κ2) is 7.13. The Morgan fingerprint density at radius 1 is 1.50 bits per heavy atom. The molecular formula is C14H22BrN3O2. The van der Waals surface area contributed by atoms with Gasteiger partial charge >= 0.3 is 0 Å². The maximum atomic E-state index is 11.1. The minimum Gasteiger partial charge on any atom is -0.313 e. The van der Waals surface area contributed by atoms with Gasteiger partial charge in [-0.3, -0.25) is 15.1 Å². The largest absolute Gasteiger partial charge is 0.313 e. The number of nitro groups is 1. The van der Waals surface area contributed by atoms with E-state index in [1.54, 1.807) is 6.20 Å². The molecule has 5 nitrogen and oxygen atoms in total. The molecule has 0 fully saturated rings. The average Bonchev–Trinajstić information content (AvgIpc) is 2.34. The lowest BCUT2D eigenvalue weighted by Gasteiger charge is -2.31. The van der Waals surface area contributed by atoms with Crippen LogP contribution in [-0.4, -0.2) is 22.5 Å². The molecule has 1 unspecified atom stereocenters. The van der Waals surface area contributed by atoms with E-state index < -0.39 is 0 Å². The molecule has 1 N–H and O–H groups in total. The van der Waals surface area contributed by atoms with E-state index in [1.165, 1.54) is 6.07 Å². The van der Waals surface area contributed by atoms with E-state index in [-0.39, 0.29) is 22.1 Å². The molecule has 0 aliphatic heterocycles. The maximum absolute atomic E-state index is 11.1. The highest BCUT2D eigenvalue weighted by Gasteiger charge is 2.28. The molecule has 6 heteroatoms. The maximum Gasteiger partial charge on any atom is 0.291 e. The summed E-state index contributed by atoms with van der Waals surface area (Å²) in [5.74, 6) is 0. The number of pyridine rings is 1. The predicted molar refractivity (Wildman–Crippen MR) is 83.8 cm³/mol. The summed E-state index contributed by atoms with van der Waals surface area (Å²) in [7, 11) is 0. The molecule has 0 saturated carbocycles. The van der Waals surface area contributed by atoms with Gasteiger partial charge < -0.3 is 5.32 Å². The molecule has 0 spiro atoms. The molecule has 0 aliphatic carbocycles.